The molecule has 0 spiro atoms. The third kappa shape index (κ3) is 3.76. The minimum atomic E-state index is -0.843. The second-order valence-corrected chi connectivity index (χ2v) is 4.88. The van der Waals surface area contributed by atoms with E-state index in [1.165, 1.54) is 17.8 Å². The Balaban J connectivity index is 1.95. The van der Waals surface area contributed by atoms with Crippen molar-refractivity contribution in [3.8, 4) is 0 Å². The topological polar surface area (TPSA) is 85.2 Å². The van der Waals surface area contributed by atoms with E-state index in [9.17, 15) is 9.50 Å². The smallest absolute Gasteiger partial charge is 0.255 e. The summed E-state index contributed by atoms with van der Waals surface area (Å²) < 4.78 is 18.3. The van der Waals surface area contributed by atoms with Gasteiger partial charge < -0.3 is 15.4 Å². The highest BCUT2D eigenvalue weighted by molar-refractivity contribution is 7.98. The SMILES string of the molecule is NCCC(O)c1nc(CSc2ccccc2F)no1. The Kier molecular flexibility index (Phi) is 4.89. The van der Waals surface area contributed by atoms with Gasteiger partial charge in [-0.3, -0.25) is 0 Å². The van der Waals surface area contributed by atoms with E-state index >= 15 is 0 Å². The van der Waals surface area contributed by atoms with Gasteiger partial charge in [0.2, 0.25) is 0 Å². The summed E-state index contributed by atoms with van der Waals surface area (Å²) >= 11 is 1.27. The molecule has 5 nitrogen and oxygen atoms in total. The summed E-state index contributed by atoms with van der Waals surface area (Å²) in [5, 5.41) is 13.4. The van der Waals surface area contributed by atoms with Crippen molar-refractivity contribution in [2.45, 2.75) is 23.2 Å². The normalized spacial score (nSPS) is 12.6. The lowest BCUT2D eigenvalue weighted by atomic mass is 10.2. The maximum absolute atomic E-state index is 13.4. The van der Waals surface area contributed by atoms with E-state index in [-0.39, 0.29) is 11.7 Å². The van der Waals surface area contributed by atoms with Gasteiger partial charge in [0.15, 0.2) is 5.82 Å². The zero-order valence-corrected chi connectivity index (χ0v) is 10.9. The van der Waals surface area contributed by atoms with E-state index in [4.69, 9.17) is 10.3 Å². The minimum absolute atomic E-state index is 0.148. The van der Waals surface area contributed by atoms with E-state index < -0.39 is 6.10 Å². The highest BCUT2D eigenvalue weighted by Crippen LogP contribution is 2.24. The molecule has 0 aliphatic carbocycles. The van der Waals surface area contributed by atoms with Crippen molar-refractivity contribution in [1.82, 2.24) is 10.1 Å². The van der Waals surface area contributed by atoms with E-state index in [2.05, 4.69) is 10.1 Å². The largest absolute Gasteiger partial charge is 0.383 e. The Morgan fingerprint density at radius 2 is 2.21 bits per heavy atom. The van der Waals surface area contributed by atoms with Crippen LogP contribution in [0.15, 0.2) is 33.7 Å². The van der Waals surface area contributed by atoms with Crippen LogP contribution in [-0.2, 0) is 5.75 Å². The van der Waals surface area contributed by atoms with Crippen LogP contribution in [0.2, 0.25) is 0 Å². The van der Waals surface area contributed by atoms with Crippen LogP contribution in [0.3, 0.4) is 0 Å². The predicted octanol–water partition coefficient (Wildman–Crippen LogP) is 1.88. The number of hydrogen-bond acceptors (Lipinski definition) is 6. The Morgan fingerprint density at radius 1 is 1.42 bits per heavy atom. The molecule has 1 heterocycles. The standard InChI is InChI=1S/C12H14FN3O2S/c13-8-3-1-2-4-10(8)19-7-11-15-12(18-16-11)9(17)5-6-14/h1-4,9,17H,5-7,14H2. The fourth-order valence-electron chi connectivity index (χ4n) is 1.45. The molecule has 19 heavy (non-hydrogen) atoms. The lowest BCUT2D eigenvalue weighted by Crippen LogP contribution is -2.06. The number of aliphatic hydroxyl groups is 1. The number of benzene rings is 1. The zero-order valence-electron chi connectivity index (χ0n) is 10.1. The fourth-order valence-corrected chi connectivity index (χ4v) is 2.23. The van der Waals surface area contributed by atoms with Crippen molar-refractivity contribution in [2.24, 2.45) is 5.73 Å². The lowest BCUT2D eigenvalue weighted by molar-refractivity contribution is 0.127. The summed E-state index contributed by atoms with van der Waals surface area (Å²) in [5.41, 5.74) is 5.33. The van der Waals surface area contributed by atoms with Crippen molar-refractivity contribution >= 4 is 11.8 Å². The van der Waals surface area contributed by atoms with Crippen molar-refractivity contribution in [3.63, 3.8) is 0 Å². The van der Waals surface area contributed by atoms with Crippen molar-refractivity contribution < 1.29 is 14.0 Å². The fraction of sp³-hybridized carbons (Fsp3) is 0.333. The third-order valence-electron chi connectivity index (χ3n) is 2.40. The van der Waals surface area contributed by atoms with Crippen LogP contribution < -0.4 is 5.73 Å². The number of halogens is 1. The first-order chi connectivity index (χ1) is 9.20. The molecule has 102 valence electrons. The molecule has 1 unspecified atom stereocenters. The summed E-state index contributed by atoms with van der Waals surface area (Å²) in [6, 6.07) is 6.48. The Hall–Kier alpha value is -1.44. The predicted molar refractivity (Wildman–Crippen MR) is 68.9 cm³/mol. The second kappa shape index (κ2) is 6.65. The molecule has 7 heteroatoms. The molecular formula is C12H14FN3O2S. The molecule has 3 N–H and O–H groups in total. The highest BCUT2D eigenvalue weighted by Gasteiger charge is 2.15. The summed E-state index contributed by atoms with van der Waals surface area (Å²) in [4.78, 5) is 4.57. The second-order valence-electron chi connectivity index (χ2n) is 3.86. The van der Waals surface area contributed by atoms with Crippen LogP contribution in [0.5, 0.6) is 0 Å². The van der Waals surface area contributed by atoms with Crippen LogP contribution in [0.1, 0.15) is 24.2 Å². The number of nitrogens with zero attached hydrogens (tertiary/aromatic N) is 2. The molecule has 0 fully saturated rings. The van der Waals surface area contributed by atoms with Gasteiger partial charge in [-0.1, -0.05) is 17.3 Å². The van der Waals surface area contributed by atoms with Crippen LogP contribution in [-0.4, -0.2) is 21.8 Å². The Bertz CT molecular complexity index is 535. The molecule has 0 aliphatic heterocycles. The van der Waals surface area contributed by atoms with Crippen LogP contribution in [0.4, 0.5) is 4.39 Å². The van der Waals surface area contributed by atoms with E-state index in [1.807, 2.05) is 0 Å². The third-order valence-corrected chi connectivity index (χ3v) is 3.45. The molecule has 0 aliphatic rings. The Labute approximate surface area is 114 Å². The summed E-state index contributed by atoms with van der Waals surface area (Å²) in [7, 11) is 0. The number of aromatic nitrogens is 2. The van der Waals surface area contributed by atoms with Gasteiger partial charge in [-0.15, -0.1) is 11.8 Å². The summed E-state index contributed by atoms with van der Waals surface area (Å²) in [5.74, 6) is 0.660. The first-order valence-corrected chi connectivity index (χ1v) is 6.77. The van der Waals surface area contributed by atoms with Gasteiger partial charge in [0.05, 0.1) is 5.75 Å². The van der Waals surface area contributed by atoms with Crippen LogP contribution in [0.25, 0.3) is 0 Å². The van der Waals surface area contributed by atoms with Gasteiger partial charge in [-0.05, 0) is 25.1 Å². The van der Waals surface area contributed by atoms with E-state index in [0.29, 0.717) is 29.4 Å². The van der Waals surface area contributed by atoms with Gasteiger partial charge >= 0.3 is 0 Å². The maximum atomic E-state index is 13.4. The first-order valence-electron chi connectivity index (χ1n) is 5.78. The van der Waals surface area contributed by atoms with Crippen LogP contribution >= 0.6 is 11.8 Å². The maximum Gasteiger partial charge on any atom is 0.255 e. The molecule has 0 saturated heterocycles. The molecule has 0 saturated carbocycles. The number of rotatable bonds is 6. The van der Waals surface area contributed by atoms with Gasteiger partial charge in [0.1, 0.15) is 11.9 Å². The van der Waals surface area contributed by atoms with Crippen LogP contribution in [0, 0.1) is 5.82 Å². The molecule has 1 aromatic carbocycles. The molecule has 1 aromatic heterocycles. The van der Waals surface area contributed by atoms with Gasteiger partial charge in [0.25, 0.3) is 5.89 Å². The van der Waals surface area contributed by atoms with Crippen molar-refractivity contribution in [2.75, 3.05) is 6.54 Å². The molecule has 2 rings (SSSR count). The van der Waals surface area contributed by atoms with E-state index in [0.717, 1.165) is 0 Å². The molecule has 0 radical (unpaired) electrons. The highest BCUT2D eigenvalue weighted by atomic mass is 32.2. The van der Waals surface area contributed by atoms with Crippen molar-refractivity contribution in [1.29, 1.82) is 0 Å². The average Bonchev–Trinajstić information content (AvgIpc) is 2.87. The Morgan fingerprint density at radius 3 is 2.95 bits per heavy atom. The van der Waals surface area contributed by atoms with Crippen molar-refractivity contribution in [3.05, 3.63) is 41.8 Å². The molecule has 0 amide bonds. The number of thioether (sulfide) groups is 1. The van der Waals surface area contributed by atoms with E-state index in [1.54, 1.807) is 18.2 Å². The van der Waals surface area contributed by atoms with Gasteiger partial charge in [-0.2, -0.15) is 4.98 Å². The lowest BCUT2D eigenvalue weighted by Gasteiger charge is -2.01. The number of hydrogen-bond donors (Lipinski definition) is 2. The summed E-state index contributed by atoms with van der Waals surface area (Å²) in [6.45, 7) is 0.336. The molecule has 2 aromatic rings. The number of aliphatic hydroxyl groups excluding tert-OH is 1. The quantitative estimate of drug-likeness (QED) is 0.787. The monoisotopic (exact) mass is 283 g/mol. The summed E-state index contributed by atoms with van der Waals surface area (Å²) in [6.07, 6.45) is -0.480. The first kappa shape index (κ1) is 14.0. The van der Waals surface area contributed by atoms with Gasteiger partial charge in [0, 0.05) is 4.90 Å². The number of nitrogens with two attached hydrogens (primary N) is 1. The molecule has 1 atom stereocenters. The zero-order chi connectivity index (χ0) is 13.7. The molecular weight excluding hydrogens is 269 g/mol. The average molecular weight is 283 g/mol. The minimum Gasteiger partial charge on any atom is -0.383 e. The molecule has 0 bridgehead atoms. The van der Waals surface area contributed by atoms with Gasteiger partial charge in [-0.25, -0.2) is 4.39 Å².